The molecule has 0 radical (unpaired) electrons. The summed E-state index contributed by atoms with van der Waals surface area (Å²) < 4.78 is 10.7. The first kappa shape index (κ1) is 12.0. The van der Waals surface area contributed by atoms with E-state index in [1.807, 2.05) is 24.3 Å². The number of hydrogen-bond donors (Lipinski definition) is 2. The lowest BCUT2D eigenvalue weighted by Crippen LogP contribution is -2.22. The van der Waals surface area contributed by atoms with Crippen LogP contribution in [0.2, 0.25) is 0 Å². The molecule has 2 rings (SSSR count). The molecule has 0 aliphatic rings. The molecule has 0 aliphatic heterocycles. The van der Waals surface area contributed by atoms with Gasteiger partial charge >= 0.3 is 0 Å². The van der Waals surface area contributed by atoms with Gasteiger partial charge in [-0.15, -0.1) is 0 Å². The highest BCUT2D eigenvalue weighted by Crippen LogP contribution is 2.41. The van der Waals surface area contributed by atoms with E-state index in [4.69, 9.17) is 20.9 Å². The summed E-state index contributed by atoms with van der Waals surface area (Å²) in [6.45, 7) is 0. The summed E-state index contributed by atoms with van der Waals surface area (Å²) in [4.78, 5) is 4.06. The van der Waals surface area contributed by atoms with Crippen LogP contribution in [0.25, 0.3) is 10.8 Å². The first-order chi connectivity index (χ1) is 8.67. The molecule has 0 bridgehead atoms. The van der Waals surface area contributed by atoms with E-state index in [0.29, 0.717) is 17.2 Å². The summed E-state index contributed by atoms with van der Waals surface area (Å²) in [6, 6.07) is 9.49. The van der Waals surface area contributed by atoms with Gasteiger partial charge in [0, 0.05) is 16.8 Å². The molecular formula is C13H15N3O2. The second-order valence-corrected chi connectivity index (χ2v) is 3.71. The summed E-state index contributed by atoms with van der Waals surface area (Å²) in [5.74, 6) is 1.30. The summed E-state index contributed by atoms with van der Waals surface area (Å²) in [7, 11) is 3.19. The van der Waals surface area contributed by atoms with Crippen LogP contribution in [0.15, 0.2) is 35.3 Å². The number of fused-ring (bicyclic) bond motifs is 1. The number of benzene rings is 2. The normalized spacial score (nSPS) is 10.1. The molecule has 0 heterocycles. The Morgan fingerprint density at radius 3 is 2.28 bits per heavy atom. The maximum Gasteiger partial charge on any atom is 0.191 e. The van der Waals surface area contributed by atoms with Crippen molar-refractivity contribution in [2.75, 3.05) is 14.2 Å². The fourth-order valence-electron chi connectivity index (χ4n) is 1.91. The molecule has 18 heavy (non-hydrogen) atoms. The van der Waals surface area contributed by atoms with Gasteiger partial charge in [-0.1, -0.05) is 24.3 Å². The van der Waals surface area contributed by atoms with Crippen LogP contribution in [0.1, 0.15) is 0 Å². The molecule has 0 atom stereocenters. The van der Waals surface area contributed by atoms with E-state index in [1.165, 1.54) is 0 Å². The number of guanidine groups is 1. The Labute approximate surface area is 105 Å². The number of hydrogen-bond acceptors (Lipinski definition) is 3. The Hall–Kier alpha value is -2.43. The zero-order valence-corrected chi connectivity index (χ0v) is 10.3. The lowest BCUT2D eigenvalue weighted by atomic mass is 10.1. The highest BCUT2D eigenvalue weighted by molar-refractivity contribution is 5.98. The van der Waals surface area contributed by atoms with Crippen molar-refractivity contribution in [3.05, 3.63) is 30.3 Å². The van der Waals surface area contributed by atoms with Gasteiger partial charge < -0.3 is 20.9 Å². The standard InChI is InChI=1S/C13H15N3O2/c1-17-11-7-10(16-13(14)15)12(18-2)9-6-4-3-5-8(9)11/h3-7H,1-2H3,(H4,14,15,16). The molecule has 0 aliphatic carbocycles. The Morgan fingerprint density at radius 1 is 1.06 bits per heavy atom. The van der Waals surface area contributed by atoms with Crippen molar-refractivity contribution in [1.82, 2.24) is 0 Å². The summed E-state index contributed by atoms with van der Waals surface area (Å²) in [5.41, 5.74) is 11.4. The van der Waals surface area contributed by atoms with Crippen LogP contribution in [0.5, 0.6) is 11.5 Å². The van der Waals surface area contributed by atoms with Gasteiger partial charge in [-0.05, 0) is 0 Å². The van der Waals surface area contributed by atoms with Gasteiger partial charge in [0.25, 0.3) is 0 Å². The Bertz CT molecular complexity index is 604. The van der Waals surface area contributed by atoms with Crippen LogP contribution in [0.4, 0.5) is 5.69 Å². The minimum atomic E-state index is -0.0226. The molecule has 0 saturated carbocycles. The summed E-state index contributed by atoms with van der Waals surface area (Å²) >= 11 is 0. The van der Waals surface area contributed by atoms with Gasteiger partial charge in [-0.2, -0.15) is 0 Å². The van der Waals surface area contributed by atoms with Crippen molar-refractivity contribution in [3.63, 3.8) is 0 Å². The molecular weight excluding hydrogens is 230 g/mol. The van der Waals surface area contributed by atoms with Crippen LogP contribution < -0.4 is 20.9 Å². The highest BCUT2D eigenvalue weighted by Gasteiger charge is 2.12. The zero-order valence-electron chi connectivity index (χ0n) is 10.3. The summed E-state index contributed by atoms with van der Waals surface area (Å²) in [5, 5.41) is 1.85. The van der Waals surface area contributed by atoms with Gasteiger partial charge in [0.2, 0.25) is 0 Å². The fraction of sp³-hybridized carbons (Fsp3) is 0.154. The van der Waals surface area contributed by atoms with Crippen molar-refractivity contribution in [2.24, 2.45) is 16.5 Å². The molecule has 5 heteroatoms. The van der Waals surface area contributed by atoms with E-state index >= 15 is 0 Å². The SMILES string of the molecule is COc1cc(N=C(N)N)c(OC)c2ccccc12. The number of aliphatic imine (C=N–C) groups is 1. The topological polar surface area (TPSA) is 82.9 Å². The molecule has 0 saturated heterocycles. The van der Waals surface area contributed by atoms with Gasteiger partial charge in [0.05, 0.1) is 14.2 Å². The molecule has 0 amide bonds. The van der Waals surface area contributed by atoms with Crippen molar-refractivity contribution >= 4 is 22.4 Å². The van der Waals surface area contributed by atoms with Crippen molar-refractivity contribution in [1.29, 1.82) is 0 Å². The third kappa shape index (κ3) is 2.02. The van der Waals surface area contributed by atoms with Gasteiger partial charge in [0.15, 0.2) is 11.7 Å². The zero-order chi connectivity index (χ0) is 13.1. The van der Waals surface area contributed by atoms with Gasteiger partial charge in [0.1, 0.15) is 11.4 Å². The molecule has 4 N–H and O–H groups in total. The summed E-state index contributed by atoms with van der Waals surface area (Å²) in [6.07, 6.45) is 0. The Morgan fingerprint density at radius 2 is 1.72 bits per heavy atom. The van der Waals surface area contributed by atoms with Crippen LogP contribution in [-0.2, 0) is 0 Å². The minimum absolute atomic E-state index is 0.0226. The maximum atomic E-state index is 5.42. The first-order valence-corrected chi connectivity index (χ1v) is 5.40. The maximum absolute atomic E-state index is 5.42. The Balaban J connectivity index is 2.83. The first-order valence-electron chi connectivity index (χ1n) is 5.40. The number of methoxy groups -OCH3 is 2. The Kier molecular flexibility index (Phi) is 3.23. The molecule has 0 spiro atoms. The van der Waals surface area contributed by atoms with Crippen molar-refractivity contribution < 1.29 is 9.47 Å². The molecule has 94 valence electrons. The second kappa shape index (κ2) is 4.83. The van der Waals surface area contributed by atoms with Crippen LogP contribution in [0.3, 0.4) is 0 Å². The predicted octanol–water partition coefficient (Wildman–Crippen LogP) is 1.76. The highest BCUT2D eigenvalue weighted by atomic mass is 16.5. The number of nitrogens with zero attached hydrogens (tertiary/aromatic N) is 1. The predicted molar refractivity (Wildman–Crippen MR) is 72.5 cm³/mol. The monoisotopic (exact) mass is 245 g/mol. The van der Waals surface area contributed by atoms with E-state index in [1.54, 1.807) is 20.3 Å². The molecule has 0 fully saturated rings. The quantitative estimate of drug-likeness (QED) is 0.637. The van der Waals surface area contributed by atoms with Crippen LogP contribution in [0, 0.1) is 0 Å². The van der Waals surface area contributed by atoms with Crippen molar-refractivity contribution in [2.45, 2.75) is 0 Å². The third-order valence-electron chi connectivity index (χ3n) is 2.61. The smallest absolute Gasteiger partial charge is 0.191 e. The van der Waals surface area contributed by atoms with E-state index in [2.05, 4.69) is 4.99 Å². The molecule has 2 aromatic carbocycles. The van der Waals surface area contributed by atoms with Gasteiger partial charge in [-0.3, -0.25) is 0 Å². The lowest BCUT2D eigenvalue weighted by Gasteiger charge is -2.12. The van der Waals surface area contributed by atoms with E-state index in [0.717, 1.165) is 10.8 Å². The van der Waals surface area contributed by atoms with E-state index in [9.17, 15) is 0 Å². The minimum Gasteiger partial charge on any atom is -0.496 e. The van der Waals surface area contributed by atoms with Crippen molar-refractivity contribution in [3.8, 4) is 11.5 Å². The van der Waals surface area contributed by atoms with Crippen LogP contribution in [-0.4, -0.2) is 20.2 Å². The average Bonchev–Trinajstić information content (AvgIpc) is 2.37. The average molecular weight is 245 g/mol. The van der Waals surface area contributed by atoms with Crippen LogP contribution >= 0.6 is 0 Å². The molecule has 0 aromatic heterocycles. The van der Waals surface area contributed by atoms with E-state index < -0.39 is 0 Å². The number of ether oxygens (including phenoxy) is 2. The third-order valence-corrected chi connectivity index (χ3v) is 2.61. The van der Waals surface area contributed by atoms with E-state index in [-0.39, 0.29) is 5.96 Å². The fourth-order valence-corrected chi connectivity index (χ4v) is 1.91. The largest absolute Gasteiger partial charge is 0.496 e. The second-order valence-electron chi connectivity index (χ2n) is 3.71. The molecule has 5 nitrogen and oxygen atoms in total. The molecule has 0 unspecified atom stereocenters. The number of rotatable bonds is 3. The number of nitrogens with two attached hydrogens (primary N) is 2. The lowest BCUT2D eigenvalue weighted by molar-refractivity contribution is 0.411. The molecule has 2 aromatic rings. The van der Waals surface area contributed by atoms with Gasteiger partial charge in [-0.25, -0.2) is 4.99 Å².